The molecule has 0 saturated heterocycles. The van der Waals surface area contributed by atoms with Crippen LogP contribution in [0.2, 0.25) is 5.02 Å². The van der Waals surface area contributed by atoms with Crippen molar-refractivity contribution in [1.82, 2.24) is 4.98 Å². The fraction of sp³-hybridized carbons (Fsp3) is 0. The standard InChI is InChI=1S/C7H4ClNO2/c8-5-1-2-9-6(3-5)7(11)4-10/h1-4H. The van der Waals surface area contributed by atoms with Crippen molar-refractivity contribution in [2.45, 2.75) is 0 Å². The van der Waals surface area contributed by atoms with Gasteiger partial charge in [0.2, 0.25) is 5.78 Å². The highest BCUT2D eigenvalue weighted by Gasteiger charge is 2.04. The minimum atomic E-state index is -0.660. The number of ketones is 1. The molecular weight excluding hydrogens is 166 g/mol. The van der Waals surface area contributed by atoms with Gasteiger partial charge < -0.3 is 0 Å². The SMILES string of the molecule is O=CC(=O)c1cc(Cl)ccn1. The maximum Gasteiger partial charge on any atom is 0.243 e. The van der Waals surface area contributed by atoms with Gasteiger partial charge in [-0.2, -0.15) is 0 Å². The molecule has 0 unspecified atom stereocenters. The first-order valence-corrected chi connectivity index (χ1v) is 3.23. The lowest BCUT2D eigenvalue weighted by molar-refractivity contribution is -0.104. The van der Waals surface area contributed by atoms with E-state index in [4.69, 9.17) is 11.6 Å². The van der Waals surface area contributed by atoms with Crippen molar-refractivity contribution >= 4 is 23.7 Å². The lowest BCUT2D eigenvalue weighted by Crippen LogP contribution is -2.01. The van der Waals surface area contributed by atoms with E-state index in [1.807, 2.05) is 0 Å². The zero-order chi connectivity index (χ0) is 8.27. The van der Waals surface area contributed by atoms with Crippen LogP contribution in [0.4, 0.5) is 0 Å². The Morgan fingerprint density at radius 2 is 2.36 bits per heavy atom. The van der Waals surface area contributed by atoms with Crippen molar-refractivity contribution in [2.24, 2.45) is 0 Å². The normalized spacial score (nSPS) is 9.18. The second-order valence-corrected chi connectivity index (χ2v) is 2.28. The van der Waals surface area contributed by atoms with Gasteiger partial charge >= 0.3 is 0 Å². The molecule has 0 aliphatic rings. The molecule has 0 fully saturated rings. The first-order valence-electron chi connectivity index (χ1n) is 2.85. The average Bonchev–Trinajstić information content (AvgIpc) is 2.03. The molecule has 1 rings (SSSR count). The minimum Gasteiger partial charge on any atom is -0.294 e. The quantitative estimate of drug-likeness (QED) is 0.379. The Morgan fingerprint density at radius 3 is 2.91 bits per heavy atom. The second-order valence-electron chi connectivity index (χ2n) is 1.84. The predicted molar refractivity (Wildman–Crippen MR) is 39.6 cm³/mol. The number of carbonyl (C=O) groups is 2. The van der Waals surface area contributed by atoms with Gasteiger partial charge in [-0.25, -0.2) is 0 Å². The number of hydrogen-bond acceptors (Lipinski definition) is 3. The Labute approximate surface area is 68.0 Å². The molecule has 0 N–H and O–H groups in total. The summed E-state index contributed by atoms with van der Waals surface area (Å²) in [5, 5.41) is 0.394. The van der Waals surface area contributed by atoms with Crippen LogP contribution in [-0.4, -0.2) is 17.1 Å². The molecule has 1 heterocycles. The first-order chi connectivity index (χ1) is 5.24. The fourth-order valence-corrected chi connectivity index (χ4v) is 0.760. The van der Waals surface area contributed by atoms with Crippen LogP contribution in [-0.2, 0) is 4.79 Å². The summed E-state index contributed by atoms with van der Waals surface area (Å²) in [6.07, 6.45) is 1.58. The lowest BCUT2D eigenvalue weighted by Gasteiger charge is -1.91. The smallest absolute Gasteiger partial charge is 0.243 e. The van der Waals surface area contributed by atoms with E-state index in [9.17, 15) is 9.59 Å². The molecule has 3 nitrogen and oxygen atoms in total. The number of rotatable bonds is 2. The van der Waals surface area contributed by atoms with Crippen LogP contribution in [0.5, 0.6) is 0 Å². The average molecular weight is 170 g/mol. The van der Waals surface area contributed by atoms with Crippen LogP contribution in [0, 0.1) is 0 Å². The van der Waals surface area contributed by atoms with E-state index >= 15 is 0 Å². The van der Waals surface area contributed by atoms with Crippen molar-refractivity contribution in [1.29, 1.82) is 0 Å². The van der Waals surface area contributed by atoms with Crippen molar-refractivity contribution in [2.75, 3.05) is 0 Å². The van der Waals surface area contributed by atoms with Gasteiger partial charge in [0.15, 0.2) is 6.29 Å². The van der Waals surface area contributed by atoms with Gasteiger partial charge in [0.25, 0.3) is 0 Å². The Bertz CT molecular complexity index is 298. The molecule has 1 aromatic rings. The molecule has 0 aromatic carbocycles. The van der Waals surface area contributed by atoms with Crippen LogP contribution in [0.3, 0.4) is 0 Å². The van der Waals surface area contributed by atoms with E-state index in [-0.39, 0.29) is 12.0 Å². The van der Waals surface area contributed by atoms with E-state index in [1.165, 1.54) is 18.3 Å². The van der Waals surface area contributed by atoms with Crippen LogP contribution < -0.4 is 0 Å². The number of pyridine rings is 1. The summed E-state index contributed by atoms with van der Waals surface area (Å²) in [4.78, 5) is 24.3. The zero-order valence-electron chi connectivity index (χ0n) is 5.45. The predicted octanol–water partition coefficient (Wildman–Crippen LogP) is 1.12. The van der Waals surface area contributed by atoms with Crippen molar-refractivity contribution in [3.05, 3.63) is 29.0 Å². The monoisotopic (exact) mass is 169 g/mol. The third-order valence-electron chi connectivity index (χ3n) is 1.08. The van der Waals surface area contributed by atoms with Gasteiger partial charge in [-0.1, -0.05) is 11.6 Å². The highest BCUT2D eigenvalue weighted by atomic mass is 35.5. The number of Topliss-reactive ketones (excluding diaryl/α,β-unsaturated/α-hetero) is 1. The summed E-state index contributed by atoms with van der Waals surface area (Å²) in [7, 11) is 0. The van der Waals surface area contributed by atoms with Crippen molar-refractivity contribution in [3.8, 4) is 0 Å². The topological polar surface area (TPSA) is 47.0 Å². The summed E-state index contributed by atoms with van der Waals surface area (Å²) in [6.45, 7) is 0. The third-order valence-corrected chi connectivity index (χ3v) is 1.32. The number of aromatic nitrogens is 1. The maximum absolute atomic E-state index is 10.7. The zero-order valence-corrected chi connectivity index (χ0v) is 6.21. The summed E-state index contributed by atoms with van der Waals surface area (Å²) < 4.78 is 0. The van der Waals surface area contributed by atoms with Crippen LogP contribution in [0.1, 0.15) is 10.5 Å². The van der Waals surface area contributed by atoms with E-state index in [0.717, 1.165) is 0 Å². The molecule has 1 aromatic heterocycles. The first kappa shape index (κ1) is 7.88. The van der Waals surface area contributed by atoms with Crippen molar-refractivity contribution in [3.63, 3.8) is 0 Å². The molecule has 56 valence electrons. The summed E-state index contributed by atoms with van der Waals surface area (Å²) in [5.41, 5.74) is 0.0764. The van der Waals surface area contributed by atoms with E-state index in [0.29, 0.717) is 5.02 Å². The van der Waals surface area contributed by atoms with Crippen LogP contribution in [0.25, 0.3) is 0 Å². The van der Waals surface area contributed by atoms with E-state index in [2.05, 4.69) is 4.98 Å². The summed E-state index contributed by atoms with van der Waals surface area (Å²) >= 11 is 5.54. The van der Waals surface area contributed by atoms with Crippen LogP contribution >= 0.6 is 11.6 Å². The van der Waals surface area contributed by atoms with Gasteiger partial charge in [-0.05, 0) is 12.1 Å². The Hall–Kier alpha value is -1.22. The number of carbonyl (C=O) groups excluding carboxylic acids is 2. The molecule has 0 saturated carbocycles. The third kappa shape index (κ3) is 1.85. The Balaban J connectivity index is 3.05. The highest BCUT2D eigenvalue weighted by molar-refractivity contribution is 6.34. The van der Waals surface area contributed by atoms with Gasteiger partial charge in [0, 0.05) is 11.2 Å². The molecule has 0 spiro atoms. The molecule has 0 aliphatic heterocycles. The van der Waals surface area contributed by atoms with Crippen molar-refractivity contribution < 1.29 is 9.59 Å². The molecule has 11 heavy (non-hydrogen) atoms. The number of hydrogen-bond donors (Lipinski definition) is 0. The van der Waals surface area contributed by atoms with E-state index in [1.54, 1.807) is 0 Å². The molecule has 0 radical (unpaired) electrons. The largest absolute Gasteiger partial charge is 0.294 e. The molecule has 4 heteroatoms. The van der Waals surface area contributed by atoms with Gasteiger partial charge in [0.1, 0.15) is 5.69 Å². The number of aldehydes is 1. The molecule has 0 bridgehead atoms. The maximum atomic E-state index is 10.7. The lowest BCUT2D eigenvalue weighted by atomic mass is 10.3. The highest BCUT2D eigenvalue weighted by Crippen LogP contribution is 2.07. The molecule has 0 amide bonds. The molecule has 0 atom stereocenters. The Morgan fingerprint density at radius 1 is 1.64 bits per heavy atom. The van der Waals surface area contributed by atoms with Crippen LogP contribution in [0.15, 0.2) is 18.3 Å². The number of nitrogens with zero attached hydrogens (tertiary/aromatic N) is 1. The van der Waals surface area contributed by atoms with Gasteiger partial charge in [-0.15, -0.1) is 0 Å². The fourth-order valence-electron chi connectivity index (χ4n) is 0.600. The molecule has 0 aliphatic carbocycles. The minimum absolute atomic E-state index is 0.0764. The molecular formula is C7H4ClNO2. The van der Waals surface area contributed by atoms with Gasteiger partial charge in [-0.3, -0.25) is 14.6 Å². The summed E-state index contributed by atoms with van der Waals surface area (Å²) in [5.74, 6) is -0.660. The van der Waals surface area contributed by atoms with Gasteiger partial charge in [0.05, 0.1) is 0 Å². The summed E-state index contributed by atoms with van der Waals surface area (Å²) in [6, 6.07) is 2.88. The number of halogens is 1. The van der Waals surface area contributed by atoms with E-state index < -0.39 is 5.78 Å². The Kier molecular flexibility index (Phi) is 2.33. The second kappa shape index (κ2) is 3.25.